The van der Waals surface area contributed by atoms with Gasteiger partial charge < -0.3 is 5.73 Å². The van der Waals surface area contributed by atoms with Crippen molar-refractivity contribution in [3.8, 4) is 0 Å². The fraction of sp³-hybridized carbons (Fsp3) is 1.00. The third-order valence-corrected chi connectivity index (χ3v) is 1.54. The monoisotopic (exact) mass is 128 g/mol. The van der Waals surface area contributed by atoms with Crippen LogP contribution in [0.25, 0.3) is 0 Å². The van der Waals surface area contributed by atoms with Gasteiger partial charge in [0, 0.05) is 26.2 Å². The Morgan fingerprint density at radius 2 is 2.44 bits per heavy atom. The van der Waals surface area contributed by atoms with Gasteiger partial charge in [-0.15, -0.1) is 0 Å². The van der Waals surface area contributed by atoms with Crippen LogP contribution in [0.15, 0.2) is 0 Å². The van der Waals surface area contributed by atoms with Gasteiger partial charge in [0.2, 0.25) is 0 Å². The summed E-state index contributed by atoms with van der Waals surface area (Å²) < 4.78 is 0. The summed E-state index contributed by atoms with van der Waals surface area (Å²) in [5, 5.41) is 4.25. The van der Waals surface area contributed by atoms with Crippen molar-refractivity contribution in [1.29, 1.82) is 0 Å². The summed E-state index contributed by atoms with van der Waals surface area (Å²) in [6.07, 6.45) is 1.21. The Kier molecular flexibility index (Phi) is 2.97. The molecule has 0 bridgehead atoms. The minimum Gasteiger partial charge on any atom is -0.329 e. The van der Waals surface area contributed by atoms with Crippen molar-refractivity contribution in [2.45, 2.75) is 6.42 Å². The van der Waals surface area contributed by atoms with Crippen LogP contribution in [0.1, 0.15) is 6.42 Å². The van der Waals surface area contributed by atoms with E-state index in [0.29, 0.717) is 0 Å². The standard InChI is InChI=1S/C6H14N3/c7-2-5-9-4-1-3-8-6-9/h1-7H2. The minimum atomic E-state index is 0.759. The molecule has 0 spiro atoms. The first-order chi connectivity index (χ1) is 4.43. The highest BCUT2D eigenvalue weighted by Crippen LogP contribution is 1.94. The van der Waals surface area contributed by atoms with E-state index in [2.05, 4.69) is 10.2 Å². The molecule has 0 saturated carbocycles. The van der Waals surface area contributed by atoms with E-state index in [4.69, 9.17) is 5.73 Å². The molecule has 0 aliphatic carbocycles. The van der Waals surface area contributed by atoms with Crippen LogP contribution in [-0.4, -0.2) is 37.7 Å². The number of rotatable bonds is 2. The highest BCUT2D eigenvalue weighted by Gasteiger charge is 2.07. The van der Waals surface area contributed by atoms with E-state index in [0.717, 1.165) is 26.3 Å². The number of hydrogen-bond acceptors (Lipinski definition) is 2. The molecular formula is C6H14N3. The molecule has 3 heteroatoms. The van der Waals surface area contributed by atoms with Gasteiger partial charge in [-0.1, -0.05) is 0 Å². The zero-order valence-electron chi connectivity index (χ0n) is 5.71. The average molecular weight is 128 g/mol. The second-order valence-corrected chi connectivity index (χ2v) is 2.35. The Labute approximate surface area is 56.2 Å². The van der Waals surface area contributed by atoms with Crippen LogP contribution in [0.2, 0.25) is 0 Å². The van der Waals surface area contributed by atoms with Gasteiger partial charge in [0.15, 0.2) is 0 Å². The quantitative estimate of drug-likeness (QED) is 0.530. The molecule has 1 heterocycles. The highest BCUT2D eigenvalue weighted by atomic mass is 15.2. The predicted octanol–water partition coefficient (Wildman–Crippen LogP) is -0.787. The highest BCUT2D eigenvalue weighted by molar-refractivity contribution is 4.62. The van der Waals surface area contributed by atoms with Gasteiger partial charge in [-0.2, -0.15) is 0 Å². The Bertz CT molecular complexity index is 65.9. The van der Waals surface area contributed by atoms with Crippen LogP contribution in [0.3, 0.4) is 0 Å². The summed E-state index contributed by atoms with van der Waals surface area (Å²) in [6.45, 7) is 4.89. The van der Waals surface area contributed by atoms with Crippen molar-refractivity contribution in [1.82, 2.24) is 10.2 Å². The van der Waals surface area contributed by atoms with E-state index in [1.165, 1.54) is 13.0 Å². The van der Waals surface area contributed by atoms with Crippen LogP contribution in [-0.2, 0) is 0 Å². The zero-order valence-corrected chi connectivity index (χ0v) is 5.71. The van der Waals surface area contributed by atoms with Crippen molar-refractivity contribution < 1.29 is 0 Å². The van der Waals surface area contributed by atoms with E-state index in [-0.39, 0.29) is 0 Å². The van der Waals surface area contributed by atoms with Crippen molar-refractivity contribution >= 4 is 0 Å². The maximum absolute atomic E-state index is 5.38. The van der Waals surface area contributed by atoms with Crippen molar-refractivity contribution in [2.24, 2.45) is 5.73 Å². The van der Waals surface area contributed by atoms with Crippen LogP contribution in [0.5, 0.6) is 0 Å². The molecule has 3 nitrogen and oxygen atoms in total. The van der Waals surface area contributed by atoms with Crippen molar-refractivity contribution in [3.63, 3.8) is 0 Å². The van der Waals surface area contributed by atoms with Crippen LogP contribution < -0.4 is 11.1 Å². The lowest BCUT2D eigenvalue weighted by Gasteiger charge is -2.25. The summed E-state index contributed by atoms with van der Waals surface area (Å²) in [5.41, 5.74) is 5.38. The fourth-order valence-corrected chi connectivity index (χ4v) is 1.05. The van der Waals surface area contributed by atoms with Crippen LogP contribution in [0, 0.1) is 0 Å². The van der Waals surface area contributed by atoms with Gasteiger partial charge in [-0.05, 0) is 6.42 Å². The fourth-order valence-electron chi connectivity index (χ4n) is 1.05. The molecule has 1 saturated heterocycles. The molecule has 1 aliphatic rings. The summed E-state index contributed by atoms with van der Waals surface area (Å²) in [6, 6.07) is 0. The van der Waals surface area contributed by atoms with E-state index in [1.54, 1.807) is 0 Å². The lowest BCUT2D eigenvalue weighted by Crippen LogP contribution is -2.40. The molecule has 0 aromatic heterocycles. The molecule has 1 aliphatic heterocycles. The first-order valence-corrected chi connectivity index (χ1v) is 3.49. The molecule has 1 radical (unpaired) electrons. The lowest BCUT2D eigenvalue weighted by molar-refractivity contribution is 0.218. The normalized spacial score (nSPS) is 22.3. The van der Waals surface area contributed by atoms with Gasteiger partial charge in [0.05, 0.1) is 6.67 Å². The summed E-state index contributed by atoms with van der Waals surface area (Å²) >= 11 is 0. The second kappa shape index (κ2) is 3.82. The molecule has 0 aromatic rings. The molecule has 1 fully saturated rings. The molecule has 0 atom stereocenters. The van der Waals surface area contributed by atoms with Crippen molar-refractivity contribution in [2.75, 3.05) is 32.8 Å². The second-order valence-electron chi connectivity index (χ2n) is 2.35. The Hall–Kier alpha value is -0.120. The van der Waals surface area contributed by atoms with E-state index >= 15 is 0 Å². The van der Waals surface area contributed by atoms with Crippen molar-refractivity contribution in [3.05, 3.63) is 0 Å². The maximum atomic E-state index is 5.38. The predicted molar refractivity (Wildman–Crippen MR) is 37.1 cm³/mol. The van der Waals surface area contributed by atoms with Gasteiger partial charge >= 0.3 is 0 Å². The van der Waals surface area contributed by atoms with E-state index in [9.17, 15) is 0 Å². The topological polar surface area (TPSA) is 43.4 Å². The minimum absolute atomic E-state index is 0.759. The maximum Gasteiger partial charge on any atom is 0.0649 e. The Balaban J connectivity index is 2.08. The average Bonchev–Trinajstić information content (AvgIpc) is 1.91. The third-order valence-electron chi connectivity index (χ3n) is 1.54. The van der Waals surface area contributed by atoms with Crippen LogP contribution in [0.4, 0.5) is 0 Å². The largest absolute Gasteiger partial charge is 0.329 e. The first-order valence-electron chi connectivity index (χ1n) is 3.49. The molecule has 0 amide bonds. The molecular weight excluding hydrogens is 114 g/mol. The van der Waals surface area contributed by atoms with E-state index < -0.39 is 0 Å². The van der Waals surface area contributed by atoms with E-state index in [1.807, 2.05) is 0 Å². The molecule has 0 aromatic carbocycles. The van der Waals surface area contributed by atoms with Gasteiger partial charge in [0.25, 0.3) is 0 Å². The van der Waals surface area contributed by atoms with Gasteiger partial charge in [0.1, 0.15) is 0 Å². The SMILES string of the molecule is NCCN1CCC[N]C1. The molecule has 53 valence electrons. The number of hydrogen-bond donors (Lipinski definition) is 1. The smallest absolute Gasteiger partial charge is 0.0649 e. The lowest BCUT2D eigenvalue weighted by atomic mass is 10.3. The summed E-state index contributed by atoms with van der Waals surface area (Å²) in [5.74, 6) is 0. The molecule has 0 unspecified atom stereocenters. The Morgan fingerprint density at radius 3 is 3.00 bits per heavy atom. The molecule has 2 N–H and O–H groups in total. The first kappa shape index (κ1) is 6.99. The number of nitrogens with two attached hydrogens (primary N) is 1. The van der Waals surface area contributed by atoms with Gasteiger partial charge in [-0.25, -0.2) is 5.32 Å². The van der Waals surface area contributed by atoms with Crippen LogP contribution >= 0.6 is 0 Å². The molecule has 9 heavy (non-hydrogen) atoms. The summed E-state index contributed by atoms with van der Waals surface area (Å²) in [7, 11) is 0. The van der Waals surface area contributed by atoms with Gasteiger partial charge in [-0.3, -0.25) is 4.90 Å². The Morgan fingerprint density at radius 1 is 1.56 bits per heavy atom. The third kappa shape index (κ3) is 2.30. The number of nitrogens with zero attached hydrogens (tertiary/aromatic N) is 2. The summed E-state index contributed by atoms with van der Waals surface area (Å²) in [4.78, 5) is 2.28. The zero-order chi connectivity index (χ0) is 6.53. The molecule has 1 rings (SSSR count).